The van der Waals surface area contributed by atoms with Crippen molar-refractivity contribution in [2.45, 2.75) is 22.8 Å². The largest absolute Gasteiger partial charge is 0.457 e. The monoisotopic (exact) mass is 350 g/mol. The van der Waals surface area contributed by atoms with Crippen molar-refractivity contribution in [2.24, 2.45) is 5.14 Å². The molecule has 2 aromatic rings. The molecule has 0 aliphatic carbocycles. The van der Waals surface area contributed by atoms with E-state index in [0.29, 0.717) is 12.3 Å². The highest BCUT2D eigenvalue weighted by Gasteiger charge is 2.15. The fraction of sp³-hybridized carbons (Fsp3) is 0.250. The predicted octanol–water partition coefficient (Wildman–Crippen LogP) is 2.49. The van der Waals surface area contributed by atoms with Crippen LogP contribution in [0, 0.1) is 0 Å². The highest BCUT2D eigenvalue weighted by molar-refractivity contribution is 7.99. The topological polar surface area (TPSA) is 81.4 Å². The van der Waals surface area contributed by atoms with Crippen molar-refractivity contribution in [3.8, 4) is 11.5 Å². The number of benzene rings is 2. The van der Waals surface area contributed by atoms with Gasteiger partial charge in [0.2, 0.25) is 10.0 Å². The third-order valence-electron chi connectivity index (χ3n) is 3.62. The molecular formula is C16H18N2O3S2. The Morgan fingerprint density at radius 2 is 2.09 bits per heavy atom. The van der Waals surface area contributed by atoms with Crippen molar-refractivity contribution in [2.75, 3.05) is 12.8 Å². The second kappa shape index (κ2) is 6.52. The van der Waals surface area contributed by atoms with E-state index in [0.717, 1.165) is 23.5 Å². The number of thioether (sulfide) groups is 1. The fourth-order valence-electron chi connectivity index (χ4n) is 2.51. The predicted molar refractivity (Wildman–Crippen MR) is 91.5 cm³/mol. The van der Waals surface area contributed by atoms with Gasteiger partial charge in [0, 0.05) is 22.8 Å². The molecule has 0 radical (unpaired) electrons. The summed E-state index contributed by atoms with van der Waals surface area (Å²) in [5, 5.41) is 8.21. The minimum atomic E-state index is -3.73. The van der Waals surface area contributed by atoms with Gasteiger partial charge in [-0.1, -0.05) is 0 Å². The van der Waals surface area contributed by atoms with E-state index in [4.69, 9.17) is 9.88 Å². The number of nitrogens with two attached hydrogens (primary N) is 1. The smallest absolute Gasteiger partial charge is 0.238 e. The van der Waals surface area contributed by atoms with Crippen molar-refractivity contribution in [1.82, 2.24) is 5.32 Å². The highest BCUT2D eigenvalue weighted by atomic mass is 32.2. The summed E-state index contributed by atoms with van der Waals surface area (Å²) < 4.78 is 29.0. The standard InChI is InChI=1S/C16H18N2O3S2/c1-18-10-12-9-14(23(17,19)20)3-4-15(12)21-13-2-5-16-11(8-13)6-7-22-16/h2-5,8-9,18H,6-7,10H2,1H3,(H2,17,19,20). The van der Waals surface area contributed by atoms with Gasteiger partial charge in [-0.05, 0) is 55.4 Å². The van der Waals surface area contributed by atoms with Crippen LogP contribution in [0.4, 0.5) is 0 Å². The summed E-state index contributed by atoms with van der Waals surface area (Å²) in [7, 11) is -1.94. The molecule has 0 aromatic heterocycles. The minimum Gasteiger partial charge on any atom is -0.457 e. The van der Waals surface area contributed by atoms with Crippen molar-refractivity contribution >= 4 is 21.8 Å². The Morgan fingerprint density at radius 1 is 1.26 bits per heavy atom. The second-order valence-corrected chi connectivity index (χ2v) is 8.01. The van der Waals surface area contributed by atoms with Crippen LogP contribution in [0.2, 0.25) is 0 Å². The van der Waals surface area contributed by atoms with E-state index < -0.39 is 10.0 Å². The molecule has 0 saturated carbocycles. The number of aryl methyl sites for hydroxylation is 1. The van der Waals surface area contributed by atoms with E-state index in [1.54, 1.807) is 19.2 Å². The van der Waals surface area contributed by atoms with Crippen molar-refractivity contribution in [3.63, 3.8) is 0 Å². The molecule has 3 N–H and O–H groups in total. The van der Waals surface area contributed by atoms with E-state index in [1.165, 1.54) is 16.5 Å². The van der Waals surface area contributed by atoms with Gasteiger partial charge in [0.1, 0.15) is 11.5 Å². The first-order chi connectivity index (χ1) is 11.0. The SMILES string of the molecule is CNCc1cc(S(N)(=O)=O)ccc1Oc1ccc2c(c1)CCS2. The van der Waals surface area contributed by atoms with E-state index >= 15 is 0 Å². The molecule has 23 heavy (non-hydrogen) atoms. The van der Waals surface area contributed by atoms with Crippen LogP contribution in [0.15, 0.2) is 46.2 Å². The van der Waals surface area contributed by atoms with Crippen LogP contribution in [0.5, 0.6) is 11.5 Å². The molecule has 0 fully saturated rings. The Kier molecular flexibility index (Phi) is 4.63. The number of hydrogen-bond acceptors (Lipinski definition) is 5. The lowest BCUT2D eigenvalue weighted by Gasteiger charge is -2.13. The Balaban J connectivity index is 1.92. The number of primary sulfonamides is 1. The number of rotatable bonds is 5. The fourth-order valence-corrected chi connectivity index (χ4v) is 4.13. The summed E-state index contributed by atoms with van der Waals surface area (Å²) in [6.07, 6.45) is 1.05. The summed E-state index contributed by atoms with van der Waals surface area (Å²) in [6.45, 7) is 0.486. The average molecular weight is 350 g/mol. The van der Waals surface area contributed by atoms with Crippen molar-refractivity contribution < 1.29 is 13.2 Å². The van der Waals surface area contributed by atoms with Crippen molar-refractivity contribution in [3.05, 3.63) is 47.5 Å². The zero-order valence-corrected chi connectivity index (χ0v) is 14.3. The molecule has 7 heteroatoms. The van der Waals surface area contributed by atoms with Crippen LogP contribution in [0.3, 0.4) is 0 Å². The maximum atomic E-state index is 11.5. The van der Waals surface area contributed by atoms with Crippen LogP contribution < -0.4 is 15.2 Å². The molecule has 1 aliphatic heterocycles. The molecule has 1 aliphatic rings. The zero-order valence-electron chi connectivity index (χ0n) is 12.7. The molecule has 3 rings (SSSR count). The lowest BCUT2D eigenvalue weighted by atomic mass is 10.1. The van der Waals surface area contributed by atoms with Gasteiger partial charge in [0.25, 0.3) is 0 Å². The van der Waals surface area contributed by atoms with Gasteiger partial charge in [0.05, 0.1) is 4.90 Å². The lowest BCUT2D eigenvalue weighted by molar-refractivity contribution is 0.472. The maximum Gasteiger partial charge on any atom is 0.238 e. The molecule has 0 saturated heterocycles. The first kappa shape index (κ1) is 16.3. The molecule has 0 unspecified atom stereocenters. The second-order valence-electron chi connectivity index (χ2n) is 5.31. The van der Waals surface area contributed by atoms with Crippen LogP contribution in [0.1, 0.15) is 11.1 Å². The third kappa shape index (κ3) is 3.69. The quantitative estimate of drug-likeness (QED) is 0.866. The van der Waals surface area contributed by atoms with Gasteiger partial charge >= 0.3 is 0 Å². The van der Waals surface area contributed by atoms with Gasteiger partial charge in [-0.15, -0.1) is 11.8 Å². The van der Waals surface area contributed by atoms with E-state index in [1.807, 2.05) is 23.9 Å². The molecule has 0 amide bonds. The first-order valence-corrected chi connectivity index (χ1v) is 9.74. The van der Waals surface area contributed by atoms with Crippen LogP contribution in [0.25, 0.3) is 0 Å². The van der Waals surface area contributed by atoms with E-state index in [9.17, 15) is 8.42 Å². The van der Waals surface area contributed by atoms with Crippen LogP contribution in [-0.2, 0) is 23.0 Å². The summed E-state index contributed by atoms with van der Waals surface area (Å²) in [5.41, 5.74) is 2.04. The van der Waals surface area contributed by atoms with Crippen LogP contribution >= 0.6 is 11.8 Å². The molecule has 0 atom stereocenters. The van der Waals surface area contributed by atoms with Crippen molar-refractivity contribution in [1.29, 1.82) is 0 Å². The number of fused-ring (bicyclic) bond motifs is 1. The lowest BCUT2D eigenvalue weighted by Crippen LogP contribution is -2.14. The Morgan fingerprint density at radius 3 is 2.83 bits per heavy atom. The maximum absolute atomic E-state index is 11.5. The number of sulfonamides is 1. The highest BCUT2D eigenvalue weighted by Crippen LogP contribution is 2.35. The minimum absolute atomic E-state index is 0.0838. The van der Waals surface area contributed by atoms with Gasteiger partial charge in [0.15, 0.2) is 0 Å². The van der Waals surface area contributed by atoms with Gasteiger partial charge in [-0.2, -0.15) is 0 Å². The van der Waals surface area contributed by atoms with Crippen LogP contribution in [-0.4, -0.2) is 21.2 Å². The summed E-state index contributed by atoms with van der Waals surface area (Å²) in [4.78, 5) is 1.39. The Bertz CT molecular complexity index is 835. The normalized spacial score (nSPS) is 13.8. The van der Waals surface area contributed by atoms with Gasteiger partial charge < -0.3 is 10.1 Å². The molecule has 5 nitrogen and oxygen atoms in total. The Labute approximate surface area is 140 Å². The van der Waals surface area contributed by atoms with E-state index in [2.05, 4.69) is 11.4 Å². The molecule has 122 valence electrons. The summed E-state index contributed by atoms with van der Waals surface area (Å²) in [5.74, 6) is 2.48. The van der Waals surface area contributed by atoms with E-state index in [-0.39, 0.29) is 4.90 Å². The molecular weight excluding hydrogens is 332 g/mol. The number of ether oxygens (including phenoxy) is 1. The summed E-state index contributed by atoms with van der Waals surface area (Å²) >= 11 is 1.85. The molecule has 0 bridgehead atoms. The first-order valence-electron chi connectivity index (χ1n) is 7.21. The average Bonchev–Trinajstić information content (AvgIpc) is 2.96. The number of nitrogens with one attached hydrogen (secondary N) is 1. The third-order valence-corrected chi connectivity index (χ3v) is 5.64. The van der Waals surface area contributed by atoms with Gasteiger partial charge in [-0.3, -0.25) is 0 Å². The zero-order chi connectivity index (χ0) is 16.4. The summed E-state index contributed by atoms with van der Waals surface area (Å²) in [6, 6.07) is 10.7. The molecule has 2 aromatic carbocycles. The molecule has 1 heterocycles. The molecule has 0 spiro atoms. The Hall–Kier alpha value is -1.54. The number of hydrogen-bond donors (Lipinski definition) is 2. The van der Waals surface area contributed by atoms with Gasteiger partial charge in [-0.25, -0.2) is 13.6 Å².